The van der Waals surface area contributed by atoms with Gasteiger partial charge in [-0.1, -0.05) is 42.5 Å². The quantitative estimate of drug-likeness (QED) is 0.784. The van der Waals surface area contributed by atoms with Crippen molar-refractivity contribution < 1.29 is 8.42 Å². The van der Waals surface area contributed by atoms with Gasteiger partial charge < -0.3 is 0 Å². The Labute approximate surface area is 128 Å². The van der Waals surface area contributed by atoms with Gasteiger partial charge in [0, 0.05) is 16.8 Å². The summed E-state index contributed by atoms with van der Waals surface area (Å²) in [7, 11) is -3.49. The molecule has 0 aliphatic heterocycles. The van der Waals surface area contributed by atoms with Crippen LogP contribution in [0.4, 0.5) is 0 Å². The SMILES string of the molecule is O=S(=O)(NCCc1cccs1)c1cccc2ccccc12. The van der Waals surface area contributed by atoms with E-state index in [1.165, 1.54) is 4.88 Å². The molecule has 21 heavy (non-hydrogen) atoms. The summed E-state index contributed by atoms with van der Waals surface area (Å²) in [6, 6.07) is 16.8. The average Bonchev–Trinajstić information content (AvgIpc) is 3.00. The molecule has 3 aromatic rings. The van der Waals surface area contributed by atoms with E-state index in [1.54, 1.807) is 23.5 Å². The number of benzene rings is 2. The normalized spacial score (nSPS) is 11.8. The molecule has 0 amide bonds. The van der Waals surface area contributed by atoms with Crippen molar-refractivity contribution in [3.05, 3.63) is 64.9 Å². The number of rotatable bonds is 5. The van der Waals surface area contributed by atoms with E-state index < -0.39 is 10.0 Å². The number of fused-ring (bicyclic) bond motifs is 1. The van der Waals surface area contributed by atoms with Crippen LogP contribution in [0.3, 0.4) is 0 Å². The van der Waals surface area contributed by atoms with Crippen molar-refractivity contribution in [3.63, 3.8) is 0 Å². The molecule has 0 saturated carbocycles. The summed E-state index contributed by atoms with van der Waals surface area (Å²) in [5, 5.41) is 3.68. The smallest absolute Gasteiger partial charge is 0.211 e. The van der Waals surface area contributed by atoms with E-state index in [2.05, 4.69) is 4.72 Å². The molecule has 1 heterocycles. The highest BCUT2D eigenvalue weighted by molar-refractivity contribution is 7.89. The fraction of sp³-hybridized carbons (Fsp3) is 0.125. The second-order valence-corrected chi connectivity index (χ2v) is 7.47. The molecule has 1 N–H and O–H groups in total. The van der Waals surface area contributed by atoms with Crippen LogP contribution in [0.5, 0.6) is 0 Å². The van der Waals surface area contributed by atoms with Crippen LogP contribution in [0.15, 0.2) is 64.9 Å². The van der Waals surface area contributed by atoms with Crippen LogP contribution in [0.25, 0.3) is 10.8 Å². The monoisotopic (exact) mass is 317 g/mol. The number of nitrogens with one attached hydrogen (secondary N) is 1. The van der Waals surface area contributed by atoms with E-state index >= 15 is 0 Å². The molecule has 3 rings (SSSR count). The fourth-order valence-corrected chi connectivity index (χ4v) is 4.24. The molecule has 5 heteroatoms. The predicted molar refractivity (Wildman–Crippen MR) is 87.2 cm³/mol. The molecule has 0 aliphatic carbocycles. The Hall–Kier alpha value is -1.69. The third-order valence-corrected chi connectivity index (χ3v) is 5.74. The summed E-state index contributed by atoms with van der Waals surface area (Å²) in [6.07, 6.45) is 0.710. The Morgan fingerprint density at radius 2 is 1.76 bits per heavy atom. The van der Waals surface area contributed by atoms with Crippen LogP contribution in [0.2, 0.25) is 0 Å². The van der Waals surface area contributed by atoms with E-state index in [-0.39, 0.29) is 0 Å². The van der Waals surface area contributed by atoms with E-state index in [0.717, 1.165) is 10.8 Å². The Balaban J connectivity index is 1.83. The highest BCUT2D eigenvalue weighted by atomic mass is 32.2. The molecule has 108 valence electrons. The van der Waals surface area contributed by atoms with Gasteiger partial charge in [-0.15, -0.1) is 11.3 Å². The van der Waals surface area contributed by atoms with Crippen molar-refractivity contribution in [2.75, 3.05) is 6.54 Å². The summed E-state index contributed by atoms with van der Waals surface area (Å²) >= 11 is 1.64. The molecule has 0 bridgehead atoms. The number of hydrogen-bond acceptors (Lipinski definition) is 3. The minimum atomic E-state index is -3.49. The van der Waals surface area contributed by atoms with Gasteiger partial charge in [0.15, 0.2) is 0 Å². The minimum Gasteiger partial charge on any atom is -0.211 e. The Bertz CT molecular complexity index is 834. The first-order valence-corrected chi connectivity index (χ1v) is 9.03. The van der Waals surface area contributed by atoms with Crippen molar-refractivity contribution in [1.29, 1.82) is 0 Å². The minimum absolute atomic E-state index is 0.340. The first kappa shape index (κ1) is 14.3. The molecule has 0 saturated heterocycles. The predicted octanol–water partition coefficient (Wildman–Crippen LogP) is 3.42. The maximum Gasteiger partial charge on any atom is 0.241 e. The molecule has 0 aliphatic rings. The summed E-state index contributed by atoms with van der Waals surface area (Å²) in [5.41, 5.74) is 0. The van der Waals surface area contributed by atoms with Gasteiger partial charge in [0.25, 0.3) is 0 Å². The lowest BCUT2D eigenvalue weighted by Crippen LogP contribution is -2.26. The maximum atomic E-state index is 12.5. The van der Waals surface area contributed by atoms with Crippen molar-refractivity contribution in [1.82, 2.24) is 4.72 Å². The maximum absolute atomic E-state index is 12.5. The van der Waals surface area contributed by atoms with Crippen LogP contribution in [0, 0.1) is 0 Å². The number of hydrogen-bond donors (Lipinski definition) is 1. The van der Waals surface area contributed by atoms with Crippen LogP contribution in [0.1, 0.15) is 4.88 Å². The molecular weight excluding hydrogens is 302 g/mol. The van der Waals surface area contributed by atoms with E-state index in [0.29, 0.717) is 17.9 Å². The summed E-state index contributed by atoms with van der Waals surface area (Å²) in [4.78, 5) is 1.52. The van der Waals surface area contributed by atoms with Crippen LogP contribution in [-0.2, 0) is 16.4 Å². The zero-order valence-corrected chi connectivity index (χ0v) is 13.0. The fourth-order valence-electron chi connectivity index (χ4n) is 2.27. The second kappa shape index (κ2) is 5.97. The van der Waals surface area contributed by atoms with Gasteiger partial charge in [0.1, 0.15) is 0 Å². The average molecular weight is 317 g/mol. The van der Waals surface area contributed by atoms with E-state index in [1.807, 2.05) is 47.8 Å². The lowest BCUT2D eigenvalue weighted by atomic mass is 10.1. The van der Waals surface area contributed by atoms with Crippen LogP contribution < -0.4 is 4.72 Å². The van der Waals surface area contributed by atoms with Gasteiger partial charge in [-0.25, -0.2) is 13.1 Å². The molecule has 0 unspecified atom stereocenters. The van der Waals surface area contributed by atoms with Gasteiger partial charge in [-0.3, -0.25) is 0 Å². The van der Waals surface area contributed by atoms with Crippen molar-refractivity contribution in [3.8, 4) is 0 Å². The highest BCUT2D eigenvalue weighted by Crippen LogP contribution is 2.22. The molecular formula is C16H15NO2S2. The van der Waals surface area contributed by atoms with Gasteiger partial charge in [-0.2, -0.15) is 0 Å². The molecule has 0 radical (unpaired) electrons. The molecule has 3 nitrogen and oxygen atoms in total. The third kappa shape index (κ3) is 3.15. The zero-order chi connectivity index (χ0) is 14.7. The van der Waals surface area contributed by atoms with E-state index in [9.17, 15) is 8.42 Å². The summed E-state index contributed by atoms with van der Waals surface area (Å²) < 4.78 is 27.6. The second-order valence-electron chi connectivity index (χ2n) is 4.70. The van der Waals surface area contributed by atoms with Gasteiger partial charge in [0.05, 0.1) is 4.90 Å². The Kier molecular flexibility index (Phi) is 4.05. The lowest BCUT2D eigenvalue weighted by Gasteiger charge is -2.09. The van der Waals surface area contributed by atoms with E-state index in [4.69, 9.17) is 0 Å². The molecule has 1 aromatic heterocycles. The van der Waals surface area contributed by atoms with Gasteiger partial charge in [-0.05, 0) is 29.3 Å². The lowest BCUT2D eigenvalue weighted by molar-refractivity contribution is 0.583. The largest absolute Gasteiger partial charge is 0.241 e. The number of thiophene rings is 1. The molecule has 0 spiro atoms. The van der Waals surface area contributed by atoms with Gasteiger partial charge >= 0.3 is 0 Å². The van der Waals surface area contributed by atoms with Crippen LogP contribution >= 0.6 is 11.3 Å². The Morgan fingerprint density at radius 3 is 2.57 bits per heavy atom. The first-order chi connectivity index (χ1) is 10.2. The standard InChI is InChI=1S/C16H15NO2S2/c18-21(19,17-11-10-14-7-4-12-20-14)16-9-3-6-13-5-1-2-8-15(13)16/h1-9,12,17H,10-11H2. The van der Waals surface area contributed by atoms with Crippen molar-refractivity contribution in [2.45, 2.75) is 11.3 Å². The first-order valence-electron chi connectivity index (χ1n) is 6.67. The summed E-state index contributed by atoms with van der Waals surface area (Å²) in [5.74, 6) is 0. The number of sulfonamides is 1. The third-order valence-electron chi connectivity index (χ3n) is 3.28. The topological polar surface area (TPSA) is 46.2 Å². The zero-order valence-electron chi connectivity index (χ0n) is 11.3. The van der Waals surface area contributed by atoms with Crippen molar-refractivity contribution >= 4 is 32.1 Å². The summed E-state index contributed by atoms with van der Waals surface area (Å²) in [6.45, 7) is 0.409. The molecule has 0 atom stereocenters. The molecule has 2 aromatic carbocycles. The van der Waals surface area contributed by atoms with Crippen LogP contribution in [-0.4, -0.2) is 15.0 Å². The van der Waals surface area contributed by atoms with Gasteiger partial charge in [0.2, 0.25) is 10.0 Å². The highest BCUT2D eigenvalue weighted by Gasteiger charge is 2.16. The van der Waals surface area contributed by atoms with Crippen molar-refractivity contribution in [2.24, 2.45) is 0 Å². The molecule has 0 fully saturated rings. The Morgan fingerprint density at radius 1 is 0.952 bits per heavy atom.